The van der Waals surface area contributed by atoms with Crippen LogP contribution in [0.3, 0.4) is 0 Å². The number of alkyl carbamates (subject to hydrolysis) is 2. The minimum absolute atomic E-state index is 0.0626. The van der Waals surface area contributed by atoms with Crippen LogP contribution in [0.2, 0.25) is 0 Å². The zero-order valence-corrected chi connectivity index (χ0v) is 18.6. The van der Waals surface area contributed by atoms with Crippen LogP contribution in [0.1, 0.15) is 29.9 Å². The van der Waals surface area contributed by atoms with Crippen LogP contribution in [0, 0.1) is 0 Å². The van der Waals surface area contributed by atoms with E-state index in [-0.39, 0.29) is 25.0 Å². The molecule has 2 aromatic carbocycles. The molecule has 8 nitrogen and oxygen atoms in total. The zero-order valence-electron chi connectivity index (χ0n) is 18.6. The molecule has 0 fully saturated rings. The molecule has 2 aromatic rings. The van der Waals surface area contributed by atoms with Crippen molar-refractivity contribution in [2.24, 2.45) is 0 Å². The average Bonchev–Trinajstić information content (AvgIpc) is 3.16. The molecule has 0 bridgehead atoms. The van der Waals surface area contributed by atoms with Gasteiger partial charge in [-0.2, -0.15) is 0 Å². The van der Waals surface area contributed by atoms with E-state index in [9.17, 15) is 14.4 Å². The lowest BCUT2D eigenvalue weighted by Crippen LogP contribution is -2.46. The number of rotatable bonds is 10. The second-order valence-corrected chi connectivity index (χ2v) is 7.59. The first kappa shape index (κ1) is 23.8. The number of fused-ring (bicyclic) bond motifs is 3. The van der Waals surface area contributed by atoms with Crippen molar-refractivity contribution < 1.29 is 23.9 Å². The minimum atomic E-state index is -0.781. The van der Waals surface area contributed by atoms with E-state index in [0.29, 0.717) is 19.4 Å². The number of ether oxygens (including phenoxy) is 2. The SMILES string of the molecule is C=CCOC(=O)NCCC[C@@H](NC(=O)OCC1c2ccccc2-c2ccccc21)C(=O)NC. The number of carbonyl (C=O) groups is 3. The molecule has 1 aliphatic carbocycles. The molecule has 0 spiro atoms. The third kappa shape index (κ3) is 6.12. The standard InChI is InChI=1S/C25H29N3O5/c1-3-15-32-24(30)27-14-8-13-22(23(29)26-2)28-25(31)33-16-21-19-11-6-4-9-17(19)18-10-5-7-12-20(18)21/h3-7,9-12,21-22H,1,8,13-16H2,2H3,(H,26,29)(H,27,30)(H,28,31)/t22-/m1/s1. The van der Waals surface area contributed by atoms with Gasteiger partial charge in [-0.25, -0.2) is 9.59 Å². The Morgan fingerprint density at radius 2 is 1.64 bits per heavy atom. The normalized spacial score (nSPS) is 12.6. The van der Waals surface area contributed by atoms with Gasteiger partial charge in [0.15, 0.2) is 0 Å². The molecular formula is C25H29N3O5. The molecule has 1 aliphatic rings. The first-order valence-electron chi connectivity index (χ1n) is 10.9. The Bertz CT molecular complexity index is 962. The number of nitrogens with one attached hydrogen (secondary N) is 3. The molecule has 0 aliphatic heterocycles. The van der Waals surface area contributed by atoms with Crippen LogP contribution in [0.25, 0.3) is 11.1 Å². The molecule has 0 unspecified atom stereocenters. The predicted molar refractivity (Wildman–Crippen MR) is 125 cm³/mol. The lowest BCUT2D eigenvalue weighted by molar-refractivity contribution is -0.122. The number of hydrogen-bond donors (Lipinski definition) is 3. The Kier molecular flexibility index (Phi) is 8.46. The van der Waals surface area contributed by atoms with Gasteiger partial charge in [-0.3, -0.25) is 4.79 Å². The maximum Gasteiger partial charge on any atom is 0.407 e. The highest BCUT2D eigenvalue weighted by Gasteiger charge is 2.29. The van der Waals surface area contributed by atoms with E-state index in [1.807, 2.05) is 36.4 Å². The molecule has 1 atom stereocenters. The Labute approximate surface area is 193 Å². The maximum absolute atomic E-state index is 12.5. The van der Waals surface area contributed by atoms with Crippen LogP contribution in [0.5, 0.6) is 0 Å². The minimum Gasteiger partial charge on any atom is -0.449 e. The highest BCUT2D eigenvalue weighted by atomic mass is 16.6. The van der Waals surface area contributed by atoms with E-state index >= 15 is 0 Å². The van der Waals surface area contributed by atoms with E-state index in [1.54, 1.807) is 0 Å². The second kappa shape index (κ2) is 11.7. The molecule has 3 N–H and O–H groups in total. The summed E-state index contributed by atoms with van der Waals surface area (Å²) in [6.07, 6.45) is 1.04. The molecule has 174 valence electrons. The van der Waals surface area contributed by atoms with Gasteiger partial charge < -0.3 is 25.4 Å². The lowest BCUT2D eigenvalue weighted by Gasteiger charge is -2.19. The fourth-order valence-corrected chi connectivity index (χ4v) is 3.91. The van der Waals surface area contributed by atoms with Gasteiger partial charge >= 0.3 is 12.2 Å². The van der Waals surface area contributed by atoms with Crippen LogP contribution in [0.15, 0.2) is 61.2 Å². The van der Waals surface area contributed by atoms with E-state index in [2.05, 4.69) is 34.7 Å². The number of benzene rings is 2. The Morgan fingerprint density at radius 3 is 2.24 bits per heavy atom. The quantitative estimate of drug-likeness (QED) is 0.380. The van der Waals surface area contributed by atoms with Crippen molar-refractivity contribution in [1.82, 2.24) is 16.0 Å². The van der Waals surface area contributed by atoms with Crippen molar-refractivity contribution in [2.45, 2.75) is 24.8 Å². The van der Waals surface area contributed by atoms with Crippen molar-refractivity contribution in [2.75, 3.05) is 26.8 Å². The Morgan fingerprint density at radius 1 is 1.00 bits per heavy atom. The van der Waals surface area contributed by atoms with Gasteiger partial charge in [0.05, 0.1) is 0 Å². The first-order chi connectivity index (χ1) is 16.0. The summed E-state index contributed by atoms with van der Waals surface area (Å²) in [5.74, 6) is -0.398. The molecule has 0 aromatic heterocycles. The second-order valence-electron chi connectivity index (χ2n) is 7.59. The molecule has 3 amide bonds. The number of likely N-dealkylation sites (N-methyl/N-ethyl adjacent to an activating group) is 1. The fraction of sp³-hybridized carbons (Fsp3) is 0.320. The lowest BCUT2D eigenvalue weighted by atomic mass is 9.98. The van der Waals surface area contributed by atoms with Gasteiger partial charge in [0, 0.05) is 19.5 Å². The molecule has 33 heavy (non-hydrogen) atoms. The topological polar surface area (TPSA) is 106 Å². The number of carbonyl (C=O) groups excluding carboxylic acids is 3. The largest absolute Gasteiger partial charge is 0.449 e. The van der Waals surface area contributed by atoms with Crippen LogP contribution < -0.4 is 16.0 Å². The molecule has 0 saturated carbocycles. The smallest absolute Gasteiger partial charge is 0.407 e. The summed E-state index contributed by atoms with van der Waals surface area (Å²) in [5.41, 5.74) is 4.52. The molecule has 3 rings (SSSR count). The summed E-state index contributed by atoms with van der Waals surface area (Å²) in [6, 6.07) is 15.4. The maximum atomic E-state index is 12.5. The number of amides is 3. The highest BCUT2D eigenvalue weighted by Crippen LogP contribution is 2.44. The Hall–Kier alpha value is -3.81. The van der Waals surface area contributed by atoms with E-state index < -0.39 is 18.2 Å². The summed E-state index contributed by atoms with van der Waals surface area (Å²) in [7, 11) is 1.50. The number of hydrogen-bond acceptors (Lipinski definition) is 5. The third-order valence-corrected chi connectivity index (χ3v) is 5.47. The third-order valence-electron chi connectivity index (χ3n) is 5.47. The van der Waals surface area contributed by atoms with Gasteiger partial charge in [-0.05, 0) is 35.1 Å². The molecule has 0 radical (unpaired) electrons. The van der Waals surface area contributed by atoms with E-state index in [4.69, 9.17) is 9.47 Å². The van der Waals surface area contributed by atoms with Crippen molar-refractivity contribution in [3.05, 3.63) is 72.3 Å². The predicted octanol–water partition coefficient (Wildman–Crippen LogP) is 3.33. The zero-order chi connectivity index (χ0) is 23.6. The monoisotopic (exact) mass is 451 g/mol. The molecule has 0 heterocycles. The van der Waals surface area contributed by atoms with E-state index in [0.717, 1.165) is 22.3 Å². The van der Waals surface area contributed by atoms with Gasteiger partial charge in [0.1, 0.15) is 19.3 Å². The summed E-state index contributed by atoms with van der Waals surface area (Å²) >= 11 is 0. The van der Waals surface area contributed by atoms with Crippen LogP contribution in [-0.4, -0.2) is 50.9 Å². The average molecular weight is 452 g/mol. The van der Waals surface area contributed by atoms with Crippen molar-refractivity contribution >= 4 is 18.1 Å². The van der Waals surface area contributed by atoms with Gasteiger partial charge in [-0.1, -0.05) is 61.2 Å². The molecule has 8 heteroatoms. The highest BCUT2D eigenvalue weighted by molar-refractivity contribution is 5.85. The first-order valence-corrected chi connectivity index (χ1v) is 10.9. The van der Waals surface area contributed by atoms with E-state index in [1.165, 1.54) is 13.1 Å². The van der Waals surface area contributed by atoms with Crippen molar-refractivity contribution in [3.8, 4) is 11.1 Å². The van der Waals surface area contributed by atoms with Crippen LogP contribution in [0.4, 0.5) is 9.59 Å². The van der Waals surface area contributed by atoms with Crippen LogP contribution in [-0.2, 0) is 14.3 Å². The summed E-state index contributed by atoms with van der Waals surface area (Å²) in [4.78, 5) is 36.2. The van der Waals surface area contributed by atoms with Crippen molar-refractivity contribution in [1.29, 1.82) is 0 Å². The summed E-state index contributed by atoms with van der Waals surface area (Å²) < 4.78 is 10.3. The van der Waals surface area contributed by atoms with Gasteiger partial charge in [0.2, 0.25) is 5.91 Å². The van der Waals surface area contributed by atoms with Crippen LogP contribution >= 0.6 is 0 Å². The summed E-state index contributed by atoms with van der Waals surface area (Å²) in [5, 5.41) is 7.75. The molecular weight excluding hydrogens is 422 g/mol. The summed E-state index contributed by atoms with van der Waals surface area (Å²) in [6.45, 7) is 4.06. The van der Waals surface area contributed by atoms with Crippen molar-refractivity contribution in [3.63, 3.8) is 0 Å². The fourth-order valence-electron chi connectivity index (χ4n) is 3.91. The Balaban J connectivity index is 1.53. The molecule has 0 saturated heterocycles. The van der Waals surface area contributed by atoms with Gasteiger partial charge in [-0.15, -0.1) is 0 Å². The van der Waals surface area contributed by atoms with Gasteiger partial charge in [0.25, 0.3) is 0 Å².